The van der Waals surface area contributed by atoms with E-state index in [2.05, 4.69) is 10.1 Å². The maximum Gasteiger partial charge on any atom is 0.263 e. The average molecular weight is 340 g/mol. The molecule has 4 heterocycles. The Morgan fingerprint density at radius 1 is 1.44 bits per heavy atom. The molecule has 25 heavy (non-hydrogen) atoms. The summed E-state index contributed by atoms with van der Waals surface area (Å²) in [5, 5.41) is 4.23. The first-order valence-corrected chi connectivity index (χ1v) is 8.40. The van der Waals surface area contributed by atoms with Crippen molar-refractivity contribution in [3.63, 3.8) is 0 Å². The van der Waals surface area contributed by atoms with Gasteiger partial charge in [0.05, 0.1) is 30.6 Å². The van der Waals surface area contributed by atoms with Crippen LogP contribution in [0.4, 0.5) is 0 Å². The van der Waals surface area contributed by atoms with E-state index in [4.69, 9.17) is 8.83 Å². The number of furan rings is 1. The molecule has 1 fully saturated rings. The van der Waals surface area contributed by atoms with Crippen LogP contribution >= 0.6 is 0 Å². The molecule has 1 amide bonds. The fourth-order valence-electron chi connectivity index (χ4n) is 3.37. The molecular formula is C18H20N4O3. The monoisotopic (exact) mass is 340 g/mol. The summed E-state index contributed by atoms with van der Waals surface area (Å²) in [4.78, 5) is 19.2. The molecule has 7 heteroatoms. The van der Waals surface area contributed by atoms with Crippen molar-refractivity contribution >= 4 is 5.91 Å². The Hall–Kier alpha value is -2.83. The van der Waals surface area contributed by atoms with Crippen LogP contribution in [0.15, 0.2) is 39.6 Å². The predicted molar refractivity (Wildman–Crippen MR) is 89.5 cm³/mol. The summed E-state index contributed by atoms with van der Waals surface area (Å²) in [5.41, 5.74) is 1.75. The molecule has 4 rings (SSSR count). The van der Waals surface area contributed by atoms with Crippen molar-refractivity contribution in [2.45, 2.75) is 32.2 Å². The lowest BCUT2D eigenvalue weighted by Gasteiger charge is -2.23. The van der Waals surface area contributed by atoms with Crippen molar-refractivity contribution in [1.82, 2.24) is 19.7 Å². The Bertz CT molecular complexity index is 878. The van der Waals surface area contributed by atoms with E-state index in [1.165, 1.54) is 0 Å². The van der Waals surface area contributed by atoms with E-state index in [-0.39, 0.29) is 18.4 Å². The number of hydrogen-bond donors (Lipinski definition) is 0. The second-order valence-corrected chi connectivity index (χ2v) is 6.37. The number of rotatable bonds is 4. The largest absolute Gasteiger partial charge is 0.459 e. The van der Waals surface area contributed by atoms with Gasteiger partial charge in [0.2, 0.25) is 5.91 Å². The lowest BCUT2D eigenvalue weighted by molar-refractivity contribution is -0.131. The van der Waals surface area contributed by atoms with Crippen LogP contribution in [0.5, 0.6) is 0 Å². The van der Waals surface area contributed by atoms with Crippen LogP contribution in [0.25, 0.3) is 11.7 Å². The first-order valence-electron chi connectivity index (χ1n) is 8.40. The molecule has 1 aliphatic heterocycles. The molecule has 0 aromatic carbocycles. The zero-order chi connectivity index (χ0) is 17.4. The molecule has 7 nitrogen and oxygen atoms in total. The first kappa shape index (κ1) is 15.7. The van der Waals surface area contributed by atoms with Gasteiger partial charge in [-0.05, 0) is 31.9 Å². The Kier molecular flexibility index (Phi) is 3.91. The van der Waals surface area contributed by atoms with Gasteiger partial charge in [-0.2, -0.15) is 5.10 Å². The number of aromatic nitrogens is 3. The van der Waals surface area contributed by atoms with Gasteiger partial charge in [-0.1, -0.05) is 0 Å². The van der Waals surface area contributed by atoms with Gasteiger partial charge >= 0.3 is 0 Å². The molecule has 0 radical (unpaired) electrons. The molecule has 0 spiro atoms. The third-order valence-electron chi connectivity index (χ3n) is 4.63. The molecule has 1 aliphatic rings. The quantitative estimate of drug-likeness (QED) is 0.730. The molecule has 1 saturated heterocycles. The second kappa shape index (κ2) is 6.23. The zero-order valence-corrected chi connectivity index (χ0v) is 14.3. The van der Waals surface area contributed by atoms with E-state index in [1.54, 1.807) is 23.1 Å². The van der Waals surface area contributed by atoms with Crippen molar-refractivity contribution in [3.8, 4) is 11.7 Å². The Morgan fingerprint density at radius 2 is 2.32 bits per heavy atom. The number of aryl methyl sites for hydroxylation is 2. The highest BCUT2D eigenvalue weighted by Crippen LogP contribution is 2.32. The third kappa shape index (κ3) is 2.97. The number of likely N-dealkylation sites (tertiary alicyclic amines) is 1. The molecule has 1 unspecified atom stereocenters. The number of oxazole rings is 1. The van der Waals surface area contributed by atoms with Crippen LogP contribution in [0.3, 0.4) is 0 Å². The number of carbonyl (C=O) groups is 1. The highest BCUT2D eigenvalue weighted by Gasteiger charge is 2.31. The van der Waals surface area contributed by atoms with Gasteiger partial charge in [-0.25, -0.2) is 4.98 Å². The van der Waals surface area contributed by atoms with Crippen molar-refractivity contribution in [3.05, 3.63) is 47.8 Å². The Morgan fingerprint density at radius 3 is 3.04 bits per heavy atom. The van der Waals surface area contributed by atoms with Gasteiger partial charge in [0.1, 0.15) is 5.76 Å². The molecule has 0 N–H and O–H groups in total. The van der Waals surface area contributed by atoms with Gasteiger partial charge in [0.25, 0.3) is 5.89 Å². The number of hydrogen-bond acceptors (Lipinski definition) is 5. The Balaban J connectivity index is 1.52. The fraction of sp³-hybridized carbons (Fsp3) is 0.389. The molecule has 0 aliphatic carbocycles. The van der Waals surface area contributed by atoms with Crippen LogP contribution in [0.2, 0.25) is 0 Å². The number of carbonyl (C=O) groups excluding carboxylic acids is 1. The minimum atomic E-state index is 0.0637. The maximum absolute atomic E-state index is 12.8. The van der Waals surface area contributed by atoms with Crippen LogP contribution in [0, 0.1) is 6.92 Å². The lowest BCUT2D eigenvalue weighted by Crippen LogP contribution is -2.32. The topological polar surface area (TPSA) is 77.3 Å². The van der Waals surface area contributed by atoms with Gasteiger partial charge in [-0.15, -0.1) is 0 Å². The van der Waals surface area contributed by atoms with Gasteiger partial charge in [0, 0.05) is 25.4 Å². The molecule has 3 aromatic rings. The van der Waals surface area contributed by atoms with Crippen molar-refractivity contribution in [1.29, 1.82) is 0 Å². The molecular weight excluding hydrogens is 320 g/mol. The number of amides is 1. The van der Waals surface area contributed by atoms with Gasteiger partial charge in [-0.3, -0.25) is 9.48 Å². The first-order chi connectivity index (χ1) is 12.1. The van der Waals surface area contributed by atoms with Crippen LogP contribution in [-0.2, 0) is 18.3 Å². The van der Waals surface area contributed by atoms with Crippen LogP contribution < -0.4 is 0 Å². The molecule has 0 saturated carbocycles. The summed E-state index contributed by atoms with van der Waals surface area (Å²) in [6, 6.07) is 3.66. The highest BCUT2D eigenvalue weighted by molar-refractivity contribution is 5.79. The lowest BCUT2D eigenvalue weighted by atomic mass is 10.1. The van der Waals surface area contributed by atoms with E-state index in [1.807, 2.05) is 31.3 Å². The SMILES string of the molecule is Cc1oc(-c2ccco2)nc1CC(=O)N1CCCC1c1cnn(C)c1. The highest BCUT2D eigenvalue weighted by atomic mass is 16.4. The summed E-state index contributed by atoms with van der Waals surface area (Å²) in [5.74, 6) is 1.69. The minimum Gasteiger partial charge on any atom is -0.459 e. The summed E-state index contributed by atoms with van der Waals surface area (Å²) in [7, 11) is 1.89. The minimum absolute atomic E-state index is 0.0637. The average Bonchev–Trinajstić information content (AvgIpc) is 3.33. The van der Waals surface area contributed by atoms with E-state index in [9.17, 15) is 4.79 Å². The van der Waals surface area contributed by atoms with E-state index in [0.29, 0.717) is 23.1 Å². The van der Waals surface area contributed by atoms with Gasteiger partial charge < -0.3 is 13.7 Å². The van der Waals surface area contributed by atoms with Gasteiger partial charge in [0.15, 0.2) is 5.76 Å². The third-order valence-corrected chi connectivity index (χ3v) is 4.63. The van der Waals surface area contributed by atoms with E-state index < -0.39 is 0 Å². The van der Waals surface area contributed by atoms with E-state index >= 15 is 0 Å². The fourth-order valence-corrected chi connectivity index (χ4v) is 3.37. The standard InChI is InChI=1S/C18H20N4O3/c1-12-14(20-18(25-12)16-6-4-8-24-16)9-17(23)22-7-3-5-15(22)13-10-19-21(2)11-13/h4,6,8,10-11,15H,3,5,7,9H2,1-2H3. The maximum atomic E-state index is 12.8. The summed E-state index contributed by atoms with van der Waals surface area (Å²) in [6.07, 6.45) is 7.59. The molecule has 1 atom stereocenters. The second-order valence-electron chi connectivity index (χ2n) is 6.37. The normalized spacial score (nSPS) is 17.4. The molecule has 0 bridgehead atoms. The Labute approximate surface area is 145 Å². The van der Waals surface area contributed by atoms with E-state index in [0.717, 1.165) is 24.9 Å². The number of nitrogens with zero attached hydrogens (tertiary/aromatic N) is 4. The van der Waals surface area contributed by atoms with Crippen molar-refractivity contribution in [2.75, 3.05) is 6.54 Å². The zero-order valence-electron chi connectivity index (χ0n) is 14.3. The van der Waals surface area contributed by atoms with Crippen molar-refractivity contribution < 1.29 is 13.6 Å². The summed E-state index contributed by atoms with van der Waals surface area (Å²) < 4.78 is 12.7. The van der Waals surface area contributed by atoms with Crippen molar-refractivity contribution in [2.24, 2.45) is 7.05 Å². The molecule has 130 valence electrons. The molecule has 3 aromatic heterocycles. The smallest absolute Gasteiger partial charge is 0.263 e. The van der Waals surface area contributed by atoms with Crippen LogP contribution in [-0.4, -0.2) is 32.1 Å². The van der Waals surface area contributed by atoms with Crippen LogP contribution in [0.1, 0.15) is 35.9 Å². The summed E-state index contributed by atoms with van der Waals surface area (Å²) >= 11 is 0. The summed E-state index contributed by atoms with van der Waals surface area (Å²) in [6.45, 7) is 2.59. The predicted octanol–water partition coefficient (Wildman–Crippen LogP) is 2.88.